The van der Waals surface area contributed by atoms with Crippen molar-refractivity contribution in [3.63, 3.8) is 0 Å². The van der Waals surface area contributed by atoms with Crippen LogP contribution in [-0.2, 0) is 0 Å². The first kappa shape index (κ1) is 9.72. The van der Waals surface area contributed by atoms with E-state index in [1.54, 1.807) is 18.6 Å². The molecule has 0 atom stereocenters. The third kappa shape index (κ3) is 1.92. The molecular formula is C13H10N4. The highest BCUT2D eigenvalue weighted by Gasteiger charge is 2.05. The van der Waals surface area contributed by atoms with Crippen molar-refractivity contribution < 1.29 is 0 Å². The van der Waals surface area contributed by atoms with Gasteiger partial charge in [-0.2, -0.15) is 0 Å². The molecule has 0 saturated heterocycles. The molecule has 0 aromatic carbocycles. The van der Waals surface area contributed by atoms with E-state index in [9.17, 15) is 0 Å². The van der Waals surface area contributed by atoms with Crippen molar-refractivity contribution in [3.05, 3.63) is 55.0 Å². The second-order valence-electron chi connectivity index (χ2n) is 3.58. The van der Waals surface area contributed by atoms with Crippen molar-refractivity contribution in [2.45, 2.75) is 0 Å². The molecule has 0 spiro atoms. The van der Waals surface area contributed by atoms with Gasteiger partial charge >= 0.3 is 0 Å². The maximum absolute atomic E-state index is 4.30. The van der Waals surface area contributed by atoms with Crippen LogP contribution in [0.3, 0.4) is 0 Å². The van der Waals surface area contributed by atoms with Gasteiger partial charge in [0.25, 0.3) is 0 Å². The largest absolute Gasteiger partial charge is 0.335 e. The molecule has 0 amide bonds. The Kier molecular flexibility index (Phi) is 2.38. The first-order valence-electron chi connectivity index (χ1n) is 5.31. The van der Waals surface area contributed by atoms with Crippen LogP contribution in [0.15, 0.2) is 55.0 Å². The topological polar surface area (TPSA) is 54.5 Å². The molecule has 3 aromatic rings. The maximum atomic E-state index is 4.30. The second kappa shape index (κ2) is 4.17. The van der Waals surface area contributed by atoms with Gasteiger partial charge in [-0.05, 0) is 24.3 Å². The van der Waals surface area contributed by atoms with Gasteiger partial charge in [0.15, 0.2) is 5.82 Å². The Labute approximate surface area is 98.4 Å². The van der Waals surface area contributed by atoms with E-state index in [0.717, 1.165) is 22.9 Å². The van der Waals surface area contributed by atoms with E-state index < -0.39 is 0 Å². The molecule has 1 N–H and O–H groups in total. The number of nitrogens with zero attached hydrogens (tertiary/aromatic N) is 3. The van der Waals surface area contributed by atoms with Crippen LogP contribution in [0, 0.1) is 0 Å². The Balaban J connectivity index is 1.99. The van der Waals surface area contributed by atoms with Gasteiger partial charge < -0.3 is 4.98 Å². The Hall–Kier alpha value is -2.49. The predicted octanol–water partition coefficient (Wildman–Crippen LogP) is 2.53. The second-order valence-corrected chi connectivity index (χ2v) is 3.58. The van der Waals surface area contributed by atoms with Crippen LogP contribution >= 0.6 is 0 Å². The molecule has 0 aliphatic carbocycles. The van der Waals surface area contributed by atoms with Crippen molar-refractivity contribution in [2.75, 3.05) is 0 Å². The van der Waals surface area contributed by atoms with Crippen molar-refractivity contribution >= 4 is 0 Å². The SMILES string of the molecule is c1ccc(-c2cnc(-c3ccccn3)[nH]2)nc1. The highest BCUT2D eigenvalue weighted by Crippen LogP contribution is 2.18. The van der Waals surface area contributed by atoms with Gasteiger partial charge in [0, 0.05) is 12.4 Å². The van der Waals surface area contributed by atoms with Gasteiger partial charge in [0.2, 0.25) is 0 Å². The number of hydrogen-bond donors (Lipinski definition) is 1. The summed E-state index contributed by atoms with van der Waals surface area (Å²) in [5, 5.41) is 0. The predicted molar refractivity (Wildman–Crippen MR) is 65.0 cm³/mol. The number of nitrogens with one attached hydrogen (secondary N) is 1. The number of aromatic amines is 1. The van der Waals surface area contributed by atoms with Crippen molar-refractivity contribution in [2.24, 2.45) is 0 Å². The van der Waals surface area contributed by atoms with Crippen LogP contribution in [0.25, 0.3) is 22.9 Å². The average Bonchev–Trinajstić information content (AvgIpc) is 2.90. The summed E-state index contributed by atoms with van der Waals surface area (Å²) in [6, 6.07) is 11.5. The van der Waals surface area contributed by atoms with Crippen molar-refractivity contribution in [1.82, 2.24) is 19.9 Å². The van der Waals surface area contributed by atoms with Gasteiger partial charge in [-0.1, -0.05) is 12.1 Å². The first-order valence-corrected chi connectivity index (χ1v) is 5.31. The van der Waals surface area contributed by atoms with E-state index in [-0.39, 0.29) is 0 Å². The smallest absolute Gasteiger partial charge is 0.156 e. The molecule has 0 aliphatic rings. The summed E-state index contributed by atoms with van der Waals surface area (Å²) in [4.78, 5) is 16.0. The molecule has 0 radical (unpaired) electrons. The average molecular weight is 222 g/mol. The van der Waals surface area contributed by atoms with Crippen LogP contribution in [0.2, 0.25) is 0 Å². The Bertz CT molecular complexity index is 548. The molecule has 3 aromatic heterocycles. The lowest BCUT2D eigenvalue weighted by molar-refractivity contribution is 1.22. The Morgan fingerprint density at radius 1 is 0.765 bits per heavy atom. The van der Waals surface area contributed by atoms with Crippen LogP contribution in [0.1, 0.15) is 0 Å². The lowest BCUT2D eigenvalue weighted by Crippen LogP contribution is -1.85. The third-order valence-electron chi connectivity index (χ3n) is 2.42. The van der Waals surface area contributed by atoms with E-state index in [2.05, 4.69) is 19.9 Å². The van der Waals surface area contributed by atoms with Gasteiger partial charge in [-0.25, -0.2) is 4.98 Å². The van der Waals surface area contributed by atoms with E-state index in [0.29, 0.717) is 0 Å². The highest BCUT2D eigenvalue weighted by atomic mass is 15.0. The Morgan fingerprint density at radius 2 is 1.47 bits per heavy atom. The molecule has 17 heavy (non-hydrogen) atoms. The summed E-state index contributed by atoms with van der Waals surface area (Å²) in [5.41, 5.74) is 2.60. The molecule has 0 bridgehead atoms. The van der Waals surface area contributed by atoms with Crippen molar-refractivity contribution in [1.29, 1.82) is 0 Å². The summed E-state index contributed by atoms with van der Waals surface area (Å²) in [5.74, 6) is 0.756. The fourth-order valence-corrected chi connectivity index (χ4v) is 1.61. The van der Waals surface area contributed by atoms with E-state index in [4.69, 9.17) is 0 Å². The number of aromatic nitrogens is 4. The normalized spacial score (nSPS) is 10.4. The van der Waals surface area contributed by atoms with E-state index in [1.807, 2.05) is 36.4 Å². The fraction of sp³-hybridized carbons (Fsp3) is 0. The van der Waals surface area contributed by atoms with Crippen LogP contribution in [0.5, 0.6) is 0 Å². The van der Waals surface area contributed by atoms with Gasteiger partial charge in [-0.15, -0.1) is 0 Å². The number of H-pyrrole nitrogens is 1. The zero-order valence-corrected chi connectivity index (χ0v) is 9.04. The summed E-state index contributed by atoms with van der Waals surface area (Å²) in [6.07, 6.45) is 5.28. The molecule has 0 saturated carbocycles. The lowest BCUT2D eigenvalue weighted by Gasteiger charge is -1.95. The summed E-state index contributed by atoms with van der Waals surface area (Å²) in [7, 11) is 0. The molecule has 4 nitrogen and oxygen atoms in total. The maximum Gasteiger partial charge on any atom is 0.156 e. The molecule has 0 unspecified atom stereocenters. The zero-order chi connectivity index (χ0) is 11.5. The number of hydrogen-bond acceptors (Lipinski definition) is 3. The first-order chi connectivity index (χ1) is 8.43. The zero-order valence-electron chi connectivity index (χ0n) is 9.04. The summed E-state index contributed by atoms with van der Waals surface area (Å²) >= 11 is 0. The standard InChI is InChI=1S/C13H10N4/c1-3-7-14-10(5-1)12-9-16-13(17-12)11-6-2-4-8-15-11/h1-9H,(H,16,17). The van der Waals surface area contributed by atoms with Gasteiger partial charge in [-0.3, -0.25) is 9.97 Å². The molecule has 0 fully saturated rings. The molecule has 0 aliphatic heterocycles. The Morgan fingerprint density at radius 3 is 2.12 bits per heavy atom. The number of imidazole rings is 1. The molecule has 3 heterocycles. The third-order valence-corrected chi connectivity index (χ3v) is 2.42. The van der Waals surface area contributed by atoms with Crippen LogP contribution in [-0.4, -0.2) is 19.9 Å². The van der Waals surface area contributed by atoms with Gasteiger partial charge in [0.1, 0.15) is 5.69 Å². The van der Waals surface area contributed by atoms with Crippen molar-refractivity contribution in [3.8, 4) is 22.9 Å². The molecule has 4 heteroatoms. The number of pyridine rings is 2. The lowest BCUT2D eigenvalue weighted by atomic mass is 10.3. The molecule has 3 rings (SSSR count). The fourth-order valence-electron chi connectivity index (χ4n) is 1.61. The molecular weight excluding hydrogens is 212 g/mol. The minimum atomic E-state index is 0.756. The minimum absolute atomic E-state index is 0.756. The van der Waals surface area contributed by atoms with Crippen LogP contribution in [0.4, 0.5) is 0 Å². The summed E-state index contributed by atoms with van der Waals surface area (Å²) < 4.78 is 0. The molecule has 82 valence electrons. The van der Waals surface area contributed by atoms with E-state index >= 15 is 0 Å². The van der Waals surface area contributed by atoms with Gasteiger partial charge in [0.05, 0.1) is 17.6 Å². The van der Waals surface area contributed by atoms with Crippen LogP contribution < -0.4 is 0 Å². The van der Waals surface area contributed by atoms with E-state index in [1.165, 1.54) is 0 Å². The summed E-state index contributed by atoms with van der Waals surface area (Å²) in [6.45, 7) is 0. The minimum Gasteiger partial charge on any atom is -0.335 e. The monoisotopic (exact) mass is 222 g/mol. The highest BCUT2D eigenvalue weighted by molar-refractivity contribution is 5.59. The quantitative estimate of drug-likeness (QED) is 0.724. The number of rotatable bonds is 2.